The molecule has 3 rings (SSSR count). The van der Waals surface area contributed by atoms with Crippen molar-refractivity contribution in [2.24, 2.45) is 0 Å². The molecule has 114 valence electrons. The second-order valence-corrected chi connectivity index (χ2v) is 8.87. The van der Waals surface area contributed by atoms with E-state index in [2.05, 4.69) is 5.32 Å². The van der Waals surface area contributed by atoms with Gasteiger partial charge in [0.2, 0.25) is 15.9 Å². The molecule has 7 heteroatoms. The number of amides is 1. The van der Waals surface area contributed by atoms with E-state index >= 15 is 0 Å². The Kier molecular flexibility index (Phi) is 3.98. The van der Waals surface area contributed by atoms with Crippen LogP contribution in [0.2, 0.25) is 0 Å². The number of anilines is 1. The number of nitrogens with zero attached hydrogens (tertiary/aromatic N) is 1. The van der Waals surface area contributed by atoms with E-state index in [0.29, 0.717) is 25.2 Å². The first kappa shape index (κ1) is 14.9. The molecule has 2 aliphatic heterocycles. The van der Waals surface area contributed by atoms with Gasteiger partial charge in [-0.05, 0) is 31.0 Å². The number of fused-ring (bicyclic) bond motifs is 1. The van der Waals surface area contributed by atoms with Gasteiger partial charge in [-0.3, -0.25) is 4.79 Å². The minimum Gasteiger partial charge on any atom is -0.325 e. The largest absolute Gasteiger partial charge is 0.325 e. The van der Waals surface area contributed by atoms with E-state index < -0.39 is 10.0 Å². The van der Waals surface area contributed by atoms with Crippen molar-refractivity contribution in [2.75, 3.05) is 18.4 Å². The number of sulfonamides is 1. The van der Waals surface area contributed by atoms with Crippen molar-refractivity contribution in [3.8, 4) is 0 Å². The summed E-state index contributed by atoms with van der Waals surface area (Å²) in [5, 5.41) is 3.00. The van der Waals surface area contributed by atoms with Crippen molar-refractivity contribution in [3.63, 3.8) is 0 Å². The molecule has 1 amide bonds. The van der Waals surface area contributed by atoms with Crippen LogP contribution in [-0.4, -0.2) is 37.0 Å². The molecule has 0 bridgehead atoms. The first-order valence-corrected chi connectivity index (χ1v) is 9.39. The van der Waals surface area contributed by atoms with Gasteiger partial charge in [0.25, 0.3) is 0 Å². The molecule has 0 aromatic heterocycles. The molecule has 0 aliphatic carbocycles. The molecule has 0 radical (unpaired) electrons. The van der Waals surface area contributed by atoms with Crippen LogP contribution in [0.5, 0.6) is 0 Å². The summed E-state index contributed by atoms with van der Waals surface area (Å²) in [5.41, 5.74) is 0.606. The fraction of sp³-hybridized carbons (Fsp3) is 0.500. The number of carbonyl (C=O) groups is 1. The average Bonchev–Trinajstić information content (AvgIpc) is 2.90. The zero-order valence-corrected chi connectivity index (χ0v) is 13.5. The van der Waals surface area contributed by atoms with Crippen molar-refractivity contribution in [2.45, 2.75) is 41.2 Å². The van der Waals surface area contributed by atoms with E-state index in [1.165, 1.54) is 4.31 Å². The quantitative estimate of drug-likeness (QED) is 0.905. The second-order valence-electron chi connectivity index (χ2n) is 5.45. The Hall–Kier alpha value is -1.05. The van der Waals surface area contributed by atoms with E-state index in [0.717, 1.165) is 17.7 Å². The van der Waals surface area contributed by atoms with E-state index in [1.54, 1.807) is 30.0 Å². The Morgan fingerprint density at radius 1 is 1.29 bits per heavy atom. The third-order valence-electron chi connectivity index (χ3n) is 3.73. The van der Waals surface area contributed by atoms with E-state index in [-0.39, 0.29) is 16.1 Å². The first-order chi connectivity index (χ1) is 9.96. The summed E-state index contributed by atoms with van der Waals surface area (Å²) in [6, 6.07) is 5.03. The second kappa shape index (κ2) is 5.62. The first-order valence-electron chi connectivity index (χ1n) is 7.07. The van der Waals surface area contributed by atoms with Crippen molar-refractivity contribution < 1.29 is 13.2 Å². The van der Waals surface area contributed by atoms with E-state index in [9.17, 15) is 13.2 Å². The maximum Gasteiger partial charge on any atom is 0.243 e. The molecule has 21 heavy (non-hydrogen) atoms. The standard InChI is InChI=1S/C14H18N2O3S2/c1-10-8-14(17)15-12-9-11(4-5-13(12)20-10)21(18,19)16-6-2-3-7-16/h4-5,9-10H,2-3,6-8H2,1H3,(H,15,17). The van der Waals surface area contributed by atoms with Crippen molar-refractivity contribution >= 4 is 33.4 Å². The Morgan fingerprint density at radius 2 is 2.00 bits per heavy atom. The van der Waals surface area contributed by atoms with Crippen LogP contribution in [0.3, 0.4) is 0 Å². The van der Waals surface area contributed by atoms with Crippen molar-refractivity contribution in [3.05, 3.63) is 18.2 Å². The molecule has 0 spiro atoms. The highest BCUT2D eigenvalue weighted by atomic mass is 32.2. The summed E-state index contributed by atoms with van der Waals surface area (Å²) in [6.45, 7) is 3.16. The van der Waals surface area contributed by atoms with Crippen LogP contribution in [0, 0.1) is 0 Å². The Balaban J connectivity index is 1.97. The van der Waals surface area contributed by atoms with E-state index in [4.69, 9.17) is 0 Å². The number of benzene rings is 1. The Morgan fingerprint density at radius 3 is 2.71 bits per heavy atom. The van der Waals surface area contributed by atoms with Gasteiger partial charge in [-0.15, -0.1) is 11.8 Å². The average molecular weight is 326 g/mol. The third kappa shape index (κ3) is 2.95. The molecule has 5 nitrogen and oxygen atoms in total. The lowest BCUT2D eigenvalue weighted by Crippen LogP contribution is -2.28. The van der Waals surface area contributed by atoms with Crippen LogP contribution in [0.15, 0.2) is 28.0 Å². The van der Waals surface area contributed by atoms with Crippen LogP contribution in [-0.2, 0) is 14.8 Å². The highest BCUT2D eigenvalue weighted by Crippen LogP contribution is 2.36. The van der Waals surface area contributed by atoms with Gasteiger partial charge in [0, 0.05) is 29.7 Å². The number of hydrogen-bond acceptors (Lipinski definition) is 4. The van der Waals surface area contributed by atoms with Gasteiger partial charge in [-0.2, -0.15) is 4.31 Å². The topological polar surface area (TPSA) is 66.5 Å². The summed E-state index contributed by atoms with van der Waals surface area (Å²) in [5.74, 6) is -0.0653. The molecule has 1 aromatic rings. The molecule has 1 atom stereocenters. The van der Waals surface area contributed by atoms with E-state index in [1.807, 2.05) is 6.92 Å². The normalized spacial score (nSPS) is 23.5. The molecule has 1 fully saturated rings. The van der Waals surface area contributed by atoms with Gasteiger partial charge < -0.3 is 5.32 Å². The number of rotatable bonds is 2. The summed E-state index contributed by atoms with van der Waals surface area (Å²) >= 11 is 1.60. The van der Waals surface area contributed by atoms with Crippen molar-refractivity contribution in [1.82, 2.24) is 4.31 Å². The summed E-state index contributed by atoms with van der Waals surface area (Å²) in [6.07, 6.45) is 2.26. The third-order valence-corrected chi connectivity index (χ3v) is 6.80. The van der Waals surface area contributed by atoms with Crippen LogP contribution >= 0.6 is 11.8 Å². The summed E-state index contributed by atoms with van der Waals surface area (Å²) in [4.78, 5) is 13.0. The van der Waals surface area contributed by atoms with Gasteiger partial charge in [0.15, 0.2) is 0 Å². The lowest BCUT2D eigenvalue weighted by molar-refractivity contribution is -0.116. The molecular weight excluding hydrogens is 308 g/mol. The number of thioether (sulfide) groups is 1. The highest BCUT2D eigenvalue weighted by Gasteiger charge is 2.28. The van der Waals surface area contributed by atoms with Crippen molar-refractivity contribution in [1.29, 1.82) is 0 Å². The lowest BCUT2D eigenvalue weighted by Gasteiger charge is -2.17. The Bertz CT molecular complexity index is 667. The molecule has 2 aliphatic rings. The minimum absolute atomic E-state index is 0.0653. The van der Waals surface area contributed by atoms with Gasteiger partial charge in [0.1, 0.15) is 0 Å². The predicted molar refractivity (Wildman–Crippen MR) is 83.0 cm³/mol. The van der Waals surface area contributed by atoms with Crippen LogP contribution in [0.1, 0.15) is 26.2 Å². The van der Waals surface area contributed by atoms with Crippen LogP contribution in [0.4, 0.5) is 5.69 Å². The molecule has 2 heterocycles. The Labute approximate surface area is 129 Å². The molecular formula is C14H18N2O3S2. The van der Waals surface area contributed by atoms with Crippen LogP contribution < -0.4 is 5.32 Å². The molecule has 1 unspecified atom stereocenters. The number of hydrogen-bond donors (Lipinski definition) is 1. The molecule has 0 saturated carbocycles. The maximum atomic E-state index is 12.6. The SMILES string of the molecule is CC1CC(=O)Nc2cc(S(=O)(=O)N3CCCC3)ccc2S1. The molecule has 1 N–H and O–H groups in total. The zero-order valence-electron chi connectivity index (χ0n) is 11.8. The fourth-order valence-electron chi connectivity index (χ4n) is 2.67. The lowest BCUT2D eigenvalue weighted by atomic mass is 10.3. The van der Waals surface area contributed by atoms with Gasteiger partial charge in [0.05, 0.1) is 10.6 Å². The summed E-state index contributed by atoms with van der Waals surface area (Å²) in [7, 11) is -3.44. The van der Waals surface area contributed by atoms with Gasteiger partial charge in [-0.1, -0.05) is 6.92 Å². The highest BCUT2D eigenvalue weighted by molar-refractivity contribution is 8.00. The van der Waals surface area contributed by atoms with Crippen LogP contribution in [0.25, 0.3) is 0 Å². The molecule has 1 aromatic carbocycles. The summed E-state index contributed by atoms with van der Waals surface area (Å²) < 4.78 is 26.6. The smallest absolute Gasteiger partial charge is 0.243 e. The van der Waals surface area contributed by atoms with Gasteiger partial charge in [-0.25, -0.2) is 8.42 Å². The predicted octanol–water partition coefficient (Wildman–Crippen LogP) is 2.29. The number of carbonyl (C=O) groups excluding carboxylic acids is 1. The minimum atomic E-state index is -3.44. The fourth-order valence-corrected chi connectivity index (χ4v) is 5.26. The number of nitrogens with one attached hydrogen (secondary N) is 1. The maximum absolute atomic E-state index is 12.6. The van der Waals surface area contributed by atoms with Gasteiger partial charge >= 0.3 is 0 Å². The molecule has 1 saturated heterocycles. The monoisotopic (exact) mass is 326 g/mol. The zero-order chi connectivity index (χ0) is 15.0.